The van der Waals surface area contributed by atoms with Gasteiger partial charge in [-0.1, -0.05) is 19.0 Å². The van der Waals surface area contributed by atoms with Gasteiger partial charge in [-0.3, -0.25) is 9.59 Å². The highest BCUT2D eigenvalue weighted by atomic mass is 16.5. The van der Waals surface area contributed by atoms with Crippen LogP contribution in [0.3, 0.4) is 0 Å². The standard InChI is InChI=1S/C25H25N3O7/c1-8(2)13-7-15(35-28-13)10-3-4-14(29)17-11(10)5-9-6-12-18(22(31)16(9)21(17)30)23(32)19(25(27)34)24(33)20(12)26/h3-4,7-9,12,20,29-32H,5-6,26H2,1-2H3,(H2,27,34)/t9-,12+,20+/m0/s1. The van der Waals surface area contributed by atoms with Gasteiger partial charge in [-0.15, -0.1) is 0 Å². The van der Waals surface area contributed by atoms with Gasteiger partial charge in [-0.2, -0.15) is 0 Å². The number of Topliss-reactive ketones (excluding diaryl/α,β-unsaturated/α-hetero) is 1. The van der Waals surface area contributed by atoms with Crippen molar-refractivity contribution in [2.75, 3.05) is 0 Å². The SMILES string of the molecule is CC(C)c1cc(-c2ccc(O)c3c2C[C@H]2C[C@@H]4C(=C(O)C2=C3O)C(O)=C(C(N)=O)C(=O)[C@@H]4N)on1. The maximum absolute atomic E-state index is 12.6. The number of primary amides is 1. The van der Waals surface area contributed by atoms with Gasteiger partial charge in [0.05, 0.1) is 17.3 Å². The largest absolute Gasteiger partial charge is 0.507 e. The summed E-state index contributed by atoms with van der Waals surface area (Å²) in [5.41, 5.74) is 12.8. The maximum atomic E-state index is 12.6. The van der Waals surface area contributed by atoms with Gasteiger partial charge >= 0.3 is 0 Å². The molecule has 0 unspecified atom stereocenters. The fourth-order valence-electron chi connectivity index (χ4n) is 5.41. The van der Waals surface area contributed by atoms with Crippen molar-refractivity contribution >= 4 is 17.4 Å². The number of hydrogen-bond donors (Lipinski definition) is 6. The fraction of sp³-hybridized carbons (Fsp3) is 0.320. The highest BCUT2D eigenvalue weighted by molar-refractivity contribution is 6.22. The van der Waals surface area contributed by atoms with Crippen molar-refractivity contribution in [2.45, 2.75) is 38.6 Å². The second-order valence-electron chi connectivity index (χ2n) is 9.50. The average Bonchev–Trinajstić information content (AvgIpc) is 3.27. The first kappa shape index (κ1) is 22.7. The van der Waals surface area contributed by atoms with Crippen molar-refractivity contribution in [2.24, 2.45) is 23.3 Å². The van der Waals surface area contributed by atoms with Crippen molar-refractivity contribution < 1.29 is 34.5 Å². The van der Waals surface area contributed by atoms with Crippen molar-refractivity contribution in [3.8, 4) is 17.1 Å². The first-order valence-electron chi connectivity index (χ1n) is 11.2. The summed E-state index contributed by atoms with van der Waals surface area (Å²) < 4.78 is 5.54. The molecule has 8 N–H and O–H groups in total. The van der Waals surface area contributed by atoms with Gasteiger partial charge in [0.1, 0.15) is 28.6 Å². The van der Waals surface area contributed by atoms with Crippen LogP contribution in [0.25, 0.3) is 17.1 Å². The lowest BCUT2D eigenvalue weighted by atomic mass is 9.65. The first-order chi connectivity index (χ1) is 16.5. The number of aromatic hydroxyl groups is 1. The Bertz CT molecular complexity index is 1400. The molecule has 10 heteroatoms. The molecule has 3 aliphatic carbocycles. The van der Waals surface area contributed by atoms with E-state index < -0.39 is 46.7 Å². The van der Waals surface area contributed by atoms with Crippen molar-refractivity contribution in [3.63, 3.8) is 0 Å². The lowest BCUT2D eigenvalue weighted by molar-refractivity contribution is -0.123. The molecule has 5 rings (SSSR count). The number of rotatable bonds is 3. The number of aromatic nitrogens is 1. The van der Waals surface area contributed by atoms with Crippen LogP contribution < -0.4 is 11.5 Å². The molecule has 182 valence electrons. The molecule has 0 saturated carbocycles. The second kappa shape index (κ2) is 7.74. The molecule has 10 nitrogen and oxygen atoms in total. The van der Waals surface area contributed by atoms with Crippen LogP contribution in [0.1, 0.15) is 43.0 Å². The van der Waals surface area contributed by atoms with Gasteiger partial charge in [0.25, 0.3) is 5.91 Å². The number of aliphatic hydroxyl groups excluding tert-OH is 3. The number of aliphatic hydroxyl groups is 3. The molecule has 0 saturated heterocycles. The van der Waals surface area contributed by atoms with E-state index in [1.807, 2.05) is 13.8 Å². The number of benzene rings is 1. The summed E-state index contributed by atoms with van der Waals surface area (Å²) in [6.45, 7) is 3.96. The Morgan fingerprint density at radius 2 is 1.83 bits per heavy atom. The molecule has 0 radical (unpaired) electrons. The molecular formula is C25H25N3O7. The van der Waals surface area contributed by atoms with Crippen LogP contribution in [0.15, 0.2) is 51.0 Å². The van der Waals surface area contributed by atoms with Crippen molar-refractivity contribution in [3.05, 3.63) is 63.3 Å². The Hall–Kier alpha value is -4.05. The van der Waals surface area contributed by atoms with E-state index in [1.165, 1.54) is 6.07 Å². The molecule has 0 spiro atoms. The van der Waals surface area contributed by atoms with E-state index in [4.69, 9.17) is 16.0 Å². The fourth-order valence-corrected chi connectivity index (χ4v) is 5.41. The Balaban J connectivity index is 1.72. The highest BCUT2D eigenvalue weighted by Gasteiger charge is 2.49. The minimum Gasteiger partial charge on any atom is -0.507 e. The van der Waals surface area contributed by atoms with E-state index >= 15 is 0 Å². The van der Waals surface area contributed by atoms with E-state index in [9.17, 15) is 30.0 Å². The molecule has 0 bridgehead atoms. The number of phenolic OH excluding ortho intramolecular Hbond substituents is 1. The van der Waals surface area contributed by atoms with Crippen molar-refractivity contribution in [1.82, 2.24) is 5.16 Å². The van der Waals surface area contributed by atoms with E-state index in [1.54, 1.807) is 12.1 Å². The van der Waals surface area contributed by atoms with Crippen LogP contribution in [0.2, 0.25) is 0 Å². The normalized spacial score (nSPS) is 24.0. The maximum Gasteiger partial charge on any atom is 0.256 e. The Labute approximate surface area is 199 Å². The summed E-state index contributed by atoms with van der Waals surface area (Å²) in [6, 6.07) is 3.68. The number of hydrogen-bond acceptors (Lipinski definition) is 9. The summed E-state index contributed by atoms with van der Waals surface area (Å²) in [5.74, 6) is -4.46. The van der Waals surface area contributed by atoms with Crippen LogP contribution in [0.5, 0.6) is 5.75 Å². The van der Waals surface area contributed by atoms with E-state index in [0.29, 0.717) is 16.9 Å². The van der Waals surface area contributed by atoms with Crippen LogP contribution >= 0.6 is 0 Å². The summed E-state index contributed by atoms with van der Waals surface area (Å²) in [4.78, 5) is 24.4. The van der Waals surface area contributed by atoms with Crippen molar-refractivity contribution in [1.29, 1.82) is 0 Å². The Morgan fingerprint density at radius 1 is 1.11 bits per heavy atom. The zero-order valence-corrected chi connectivity index (χ0v) is 19.1. The van der Waals surface area contributed by atoms with Gasteiger partial charge in [-0.25, -0.2) is 0 Å². The number of phenols is 1. The number of allylic oxidation sites excluding steroid dienone is 2. The number of carbonyl (C=O) groups excluding carboxylic acids is 2. The minimum atomic E-state index is -1.21. The number of nitrogens with zero attached hydrogens (tertiary/aromatic N) is 1. The Morgan fingerprint density at radius 3 is 2.46 bits per heavy atom. The molecule has 3 atom stereocenters. The third-order valence-electron chi connectivity index (χ3n) is 7.17. The van der Waals surface area contributed by atoms with Gasteiger partial charge in [-0.05, 0) is 42.4 Å². The Kier molecular flexibility index (Phi) is 5.03. The summed E-state index contributed by atoms with van der Waals surface area (Å²) in [6.07, 6.45) is 0.474. The molecule has 0 aliphatic heterocycles. The monoisotopic (exact) mass is 479 g/mol. The van der Waals surface area contributed by atoms with Crippen LogP contribution in [-0.4, -0.2) is 43.3 Å². The summed E-state index contributed by atoms with van der Waals surface area (Å²) in [7, 11) is 0. The minimum absolute atomic E-state index is 0.0913. The van der Waals surface area contributed by atoms with Gasteiger partial charge in [0.15, 0.2) is 11.5 Å². The molecule has 3 aliphatic rings. The van der Waals surface area contributed by atoms with Crippen LogP contribution in [-0.2, 0) is 16.0 Å². The third-order valence-corrected chi connectivity index (χ3v) is 7.17. The molecule has 1 amide bonds. The highest BCUT2D eigenvalue weighted by Crippen LogP contribution is 2.52. The van der Waals surface area contributed by atoms with Crippen LogP contribution in [0, 0.1) is 11.8 Å². The first-order valence-corrected chi connectivity index (χ1v) is 11.2. The molecular weight excluding hydrogens is 454 g/mol. The number of amides is 1. The topological polar surface area (TPSA) is 193 Å². The predicted molar refractivity (Wildman–Crippen MR) is 124 cm³/mol. The van der Waals surface area contributed by atoms with Gasteiger partial charge in [0, 0.05) is 28.7 Å². The zero-order valence-electron chi connectivity index (χ0n) is 19.1. The quantitative estimate of drug-likeness (QED) is 0.359. The molecule has 2 aromatic rings. The molecule has 1 aromatic heterocycles. The lowest BCUT2D eigenvalue weighted by Crippen LogP contribution is -2.49. The number of ketones is 1. The van der Waals surface area contributed by atoms with Gasteiger partial charge in [0.2, 0.25) is 0 Å². The van der Waals surface area contributed by atoms with Crippen LogP contribution in [0.4, 0.5) is 0 Å². The molecule has 35 heavy (non-hydrogen) atoms. The van der Waals surface area contributed by atoms with E-state index in [2.05, 4.69) is 5.16 Å². The predicted octanol–water partition coefficient (Wildman–Crippen LogP) is 2.65. The van der Waals surface area contributed by atoms with Gasteiger partial charge < -0.3 is 36.4 Å². The lowest BCUT2D eigenvalue weighted by Gasteiger charge is -2.40. The van der Waals surface area contributed by atoms with E-state index in [0.717, 1.165) is 5.69 Å². The number of fused-ring (bicyclic) bond motifs is 3. The molecule has 1 heterocycles. The number of carbonyl (C=O) groups is 2. The zero-order chi connectivity index (χ0) is 25.3. The smallest absolute Gasteiger partial charge is 0.256 e. The second-order valence-corrected chi connectivity index (χ2v) is 9.50. The third kappa shape index (κ3) is 3.17. The number of nitrogens with two attached hydrogens (primary N) is 2. The van der Waals surface area contributed by atoms with E-state index in [-0.39, 0.29) is 47.0 Å². The summed E-state index contributed by atoms with van der Waals surface area (Å²) >= 11 is 0. The average molecular weight is 479 g/mol. The summed E-state index contributed by atoms with van der Waals surface area (Å²) in [5, 5.41) is 47.8. The molecule has 0 fully saturated rings. The molecule has 1 aromatic carbocycles.